The summed E-state index contributed by atoms with van der Waals surface area (Å²) >= 11 is 3.62. The molecular formula is C15H26BrN3. The van der Waals surface area contributed by atoms with Gasteiger partial charge in [-0.3, -0.25) is 0 Å². The summed E-state index contributed by atoms with van der Waals surface area (Å²) in [5, 5.41) is 0. The first-order chi connectivity index (χ1) is 9.12. The van der Waals surface area contributed by atoms with Crippen molar-refractivity contribution in [3.8, 4) is 0 Å². The quantitative estimate of drug-likeness (QED) is 0.725. The van der Waals surface area contributed by atoms with Crippen LogP contribution in [0.25, 0.3) is 0 Å². The summed E-state index contributed by atoms with van der Waals surface area (Å²) in [6, 6.07) is 2.13. The van der Waals surface area contributed by atoms with Crippen LogP contribution in [0.1, 0.15) is 32.8 Å². The van der Waals surface area contributed by atoms with Crippen LogP contribution in [0.15, 0.2) is 16.7 Å². The summed E-state index contributed by atoms with van der Waals surface area (Å²) < 4.78 is 1.09. The number of rotatable bonds is 8. The van der Waals surface area contributed by atoms with Gasteiger partial charge in [0.15, 0.2) is 0 Å². The van der Waals surface area contributed by atoms with E-state index in [1.54, 1.807) is 0 Å². The molecule has 0 radical (unpaired) electrons. The van der Waals surface area contributed by atoms with E-state index in [1.807, 2.05) is 6.20 Å². The van der Waals surface area contributed by atoms with Crippen LogP contribution in [0, 0.1) is 6.92 Å². The van der Waals surface area contributed by atoms with Crippen LogP contribution in [0.4, 0.5) is 5.82 Å². The highest BCUT2D eigenvalue weighted by Gasteiger charge is 2.10. The average Bonchev–Trinajstić information content (AvgIpc) is 2.40. The summed E-state index contributed by atoms with van der Waals surface area (Å²) in [4.78, 5) is 9.36. The molecule has 0 aromatic carbocycles. The molecule has 0 atom stereocenters. The van der Waals surface area contributed by atoms with E-state index < -0.39 is 0 Å². The van der Waals surface area contributed by atoms with Crippen LogP contribution in [0.2, 0.25) is 0 Å². The molecule has 0 aliphatic rings. The minimum Gasteiger partial charge on any atom is -0.356 e. The zero-order chi connectivity index (χ0) is 14.3. The average molecular weight is 328 g/mol. The van der Waals surface area contributed by atoms with Crippen molar-refractivity contribution in [1.29, 1.82) is 0 Å². The molecule has 3 nitrogen and oxygen atoms in total. The third kappa shape index (κ3) is 5.11. The number of hydrogen-bond donors (Lipinski definition) is 0. The van der Waals surface area contributed by atoms with E-state index >= 15 is 0 Å². The molecule has 0 aliphatic heterocycles. The first-order valence-electron chi connectivity index (χ1n) is 7.21. The third-order valence-electron chi connectivity index (χ3n) is 3.44. The van der Waals surface area contributed by atoms with Gasteiger partial charge in [0.1, 0.15) is 5.82 Å². The molecule has 0 fully saturated rings. The number of nitrogens with zero attached hydrogens (tertiary/aromatic N) is 3. The highest BCUT2D eigenvalue weighted by atomic mass is 79.9. The summed E-state index contributed by atoms with van der Waals surface area (Å²) in [5.41, 5.74) is 1.19. The largest absolute Gasteiger partial charge is 0.356 e. The lowest BCUT2D eigenvalue weighted by Gasteiger charge is -2.25. The van der Waals surface area contributed by atoms with Gasteiger partial charge in [-0.05, 0) is 67.5 Å². The molecule has 1 aromatic rings. The van der Waals surface area contributed by atoms with Gasteiger partial charge in [-0.2, -0.15) is 0 Å². The van der Waals surface area contributed by atoms with E-state index in [-0.39, 0.29) is 0 Å². The van der Waals surface area contributed by atoms with E-state index in [9.17, 15) is 0 Å². The first-order valence-corrected chi connectivity index (χ1v) is 8.01. The number of halogens is 1. The fourth-order valence-corrected chi connectivity index (χ4v) is 2.91. The summed E-state index contributed by atoms with van der Waals surface area (Å²) in [5.74, 6) is 1.06. The zero-order valence-corrected chi connectivity index (χ0v) is 14.2. The van der Waals surface area contributed by atoms with Crippen molar-refractivity contribution < 1.29 is 0 Å². The second-order valence-electron chi connectivity index (χ2n) is 4.78. The van der Waals surface area contributed by atoms with Crippen molar-refractivity contribution in [2.75, 3.05) is 37.6 Å². The van der Waals surface area contributed by atoms with E-state index in [1.165, 1.54) is 12.0 Å². The maximum atomic E-state index is 4.55. The second-order valence-corrected chi connectivity index (χ2v) is 5.63. The molecule has 1 heterocycles. The Labute approximate surface area is 126 Å². The molecular weight excluding hydrogens is 302 g/mol. The standard InChI is InChI=1S/C15H26BrN3/c1-5-18(6-2)9-8-10-19(7-3)15-14(16)11-13(4)12-17-15/h11-12H,5-10H2,1-4H3. The highest BCUT2D eigenvalue weighted by Crippen LogP contribution is 2.24. The third-order valence-corrected chi connectivity index (χ3v) is 4.02. The Morgan fingerprint density at radius 2 is 1.79 bits per heavy atom. The van der Waals surface area contributed by atoms with Gasteiger partial charge in [0.2, 0.25) is 0 Å². The topological polar surface area (TPSA) is 19.4 Å². The maximum Gasteiger partial charge on any atom is 0.142 e. The second kappa shape index (κ2) is 8.54. The van der Waals surface area contributed by atoms with E-state index in [0.717, 1.165) is 43.0 Å². The predicted molar refractivity (Wildman–Crippen MR) is 87.0 cm³/mol. The smallest absolute Gasteiger partial charge is 0.142 e. The molecule has 0 bridgehead atoms. The van der Waals surface area contributed by atoms with Crippen LogP contribution in [-0.2, 0) is 0 Å². The lowest BCUT2D eigenvalue weighted by molar-refractivity contribution is 0.300. The van der Waals surface area contributed by atoms with Gasteiger partial charge in [-0.15, -0.1) is 0 Å². The van der Waals surface area contributed by atoms with Crippen molar-refractivity contribution in [2.24, 2.45) is 0 Å². The zero-order valence-electron chi connectivity index (χ0n) is 12.6. The van der Waals surface area contributed by atoms with Gasteiger partial charge in [-0.25, -0.2) is 4.98 Å². The molecule has 0 unspecified atom stereocenters. The fourth-order valence-electron chi connectivity index (χ4n) is 2.20. The van der Waals surface area contributed by atoms with Gasteiger partial charge < -0.3 is 9.80 Å². The number of aromatic nitrogens is 1. The monoisotopic (exact) mass is 327 g/mol. The number of hydrogen-bond acceptors (Lipinski definition) is 3. The summed E-state index contributed by atoms with van der Waals surface area (Å²) in [7, 11) is 0. The maximum absolute atomic E-state index is 4.55. The van der Waals surface area contributed by atoms with Gasteiger partial charge in [-0.1, -0.05) is 13.8 Å². The molecule has 0 N–H and O–H groups in total. The molecule has 108 valence electrons. The molecule has 19 heavy (non-hydrogen) atoms. The normalized spacial score (nSPS) is 11.1. The summed E-state index contributed by atoms with van der Waals surface area (Å²) in [6.07, 6.45) is 3.12. The molecule has 1 aromatic heterocycles. The van der Waals surface area contributed by atoms with Crippen LogP contribution in [0.5, 0.6) is 0 Å². The van der Waals surface area contributed by atoms with Crippen molar-refractivity contribution in [3.63, 3.8) is 0 Å². The van der Waals surface area contributed by atoms with Gasteiger partial charge in [0.05, 0.1) is 4.47 Å². The Morgan fingerprint density at radius 3 is 2.32 bits per heavy atom. The number of pyridine rings is 1. The fraction of sp³-hybridized carbons (Fsp3) is 0.667. The van der Waals surface area contributed by atoms with Gasteiger partial charge in [0, 0.05) is 19.3 Å². The lowest BCUT2D eigenvalue weighted by atomic mass is 10.3. The van der Waals surface area contributed by atoms with Crippen LogP contribution < -0.4 is 4.90 Å². The molecule has 4 heteroatoms. The Morgan fingerprint density at radius 1 is 1.11 bits per heavy atom. The molecule has 1 rings (SSSR count). The molecule has 0 amide bonds. The van der Waals surface area contributed by atoms with Crippen molar-refractivity contribution >= 4 is 21.7 Å². The minimum atomic E-state index is 0.993. The lowest BCUT2D eigenvalue weighted by Crippen LogP contribution is -2.30. The first kappa shape index (κ1) is 16.4. The predicted octanol–water partition coefficient (Wildman–Crippen LogP) is 3.71. The van der Waals surface area contributed by atoms with Gasteiger partial charge >= 0.3 is 0 Å². The Balaban J connectivity index is 2.58. The van der Waals surface area contributed by atoms with E-state index in [4.69, 9.17) is 0 Å². The van der Waals surface area contributed by atoms with Crippen LogP contribution in [-0.4, -0.2) is 42.6 Å². The van der Waals surface area contributed by atoms with E-state index in [2.05, 4.69) is 64.5 Å². The SMILES string of the molecule is CCN(CC)CCCN(CC)c1ncc(C)cc1Br. The van der Waals surface area contributed by atoms with Crippen molar-refractivity contribution in [3.05, 3.63) is 22.3 Å². The Hall–Kier alpha value is -0.610. The van der Waals surface area contributed by atoms with Gasteiger partial charge in [0.25, 0.3) is 0 Å². The van der Waals surface area contributed by atoms with Crippen LogP contribution in [0.3, 0.4) is 0 Å². The van der Waals surface area contributed by atoms with Crippen LogP contribution >= 0.6 is 15.9 Å². The molecule has 0 spiro atoms. The molecule has 0 saturated heterocycles. The Bertz CT molecular complexity index is 378. The van der Waals surface area contributed by atoms with E-state index in [0.29, 0.717) is 0 Å². The number of anilines is 1. The highest BCUT2D eigenvalue weighted by molar-refractivity contribution is 9.10. The number of aryl methyl sites for hydroxylation is 1. The van der Waals surface area contributed by atoms with Crippen molar-refractivity contribution in [1.82, 2.24) is 9.88 Å². The summed E-state index contributed by atoms with van der Waals surface area (Å²) in [6.45, 7) is 14.2. The minimum absolute atomic E-state index is 0.993. The van der Waals surface area contributed by atoms with Crippen molar-refractivity contribution in [2.45, 2.75) is 34.1 Å². The molecule has 0 aliphatic carbocycles. The molecule has 0 saturated carbocycles. The Kier molecular flexibility index (Phi) is 7.39.